The molecule has 0 saturated heterocycles. The number of hydrogen-bond acceptors (Lipinski definition) is 5. The molecule has 5 nitrogen and oxygen atoms in total. The summed E-state index contributed by atoms with van der Waals surface area (Å²) in [5.74, 6) is 0.525. The van der Waals surface area contributed by atoms with Crippen LogP contribution in [-0.2, 0) is 0 Å². The van der Waals surface area contributed by atoms with Gasteiger partial charge in [-0.1, -0.05) is 48.5 Å². The SMILES string of the molecule is Cc1cc(-c2cc(-c3ccccn3)cc3cccnc23)cc(-c2cccc3oc(-c4ccccc4O)nc23)c1. The van der Waals surface area contributed by atoms with Crippen molar-refractivity contribution < 1.29 is 9.52 Å². The lowest BCUT2D eigenvalue weighted by molar-refractivity contribution is 0.474. The van der Waals surface area contributed by atoms with Gasteiger partial charge in [0.05, 0.1) is 16.8 Å². The van der Waals surface area contributed by atoms with E-state index in [1.165, 1.54) is 0 Å². The van der Waals surface area contributed by atoms with Crippen molar-refractivity contribution in [1.82, 2.24) is 15.0 Å². The second kappa shape index (κ2) is 9.23. The molecule has 4 aromatic carbocycles. The van der Waals surface area contributed by atoms with Crippen LogP contribution in [0.3, 0.4) is 0 Å². The van der Waals surface area contributed by atoms with Gasteiger partial charge in [-0.3, -0.25) is 9.97 Å². The van der Waals surface area contributed by atoms with Crippen LogP contribution in [0.15, 0.2) is 120 Å². The van der Waals surface area contributed by atoms with Crippen molar-refractivity contribution >= 4 is 22.0 Å². The molecule has 0 fully saturated rings. The summed E-state index contributed by atoms with van der Waals surface area (Å²) in [4.78, 5) is 14.1. The van der Waals surface area contributed by atoms with Crippen LogP contribution in [-0.4, -0.2) is 20.1 Å². The van der Waals surface area contributed by atoms with E-state index >= 15 is 0 Å². The van der Waals surface area contributed by atoms with E-state index in [2.05, 4.69) is 54.4 Å². The van der Waals surface area contributed by atoms with Gasteiger partial charge in [0.25, 0.3) is 0 Å². The Bertz CT molecular complexity index is 1990. The van der Waals surface area contributed by atoms with Crippen molar-refractivity contribution in [3.05, 3.63) is 121 Å². The number of fused-ring (bicyclic) bond motifs is 2. The van der Waals surface area contributed by atoms with E-state index in [1.807, 2.05) is 54.9 Å². The first-order valence-electron chi connectivity index (χ1n) is 12.7. The van der Waals surface area contributed by atoms with E-state index in [0.29, 0.717) is 17.0 Å². The average Bonchev–Trinajstić information content (AvgIpc) is 3.41. The number of aromatic nitrogens is 3. The minimum Gasteiger partial charge on any atom is -0.507 e. The fourth-order valence-electron chi connectivity index (χ4n) is 5.14. The molecule has 186 valence electrons. The molecule has 39 heavy (non-hydrogen) atoms. The third-order valence-electron chi connectivity index (χ3n) is 6.92. The molecule has 0 aliphatic carbocycles. The minimum absolute atomic E-state index is 0.135. The Morgan fingerprint density at radius 2 is 1.41 bits per heavy atom. The number of phenols is 1. The van der Waals surface area contributed by atoms with Gasteiger partial charge in [-0.25, -0.2) is 4.98 Å². The maximum absolute atomic E-state index is 10.4. The highest BCUT2D eigenvalue weighted by molar-refractivity contribution is 5.99. The molecule has 7 aromatic rings. The first-order chi connectivity index (χ1) is 19.1. The molecule has 3 aromatic heterocycles. The van der Waals surface area contributed by atoms with Gasteiger partial charge in [0.2, 0.25) is 5.89 Å². The van der Waals surface area contributed by atoms with E-state index in [-0.39, 0.29) is 5.75 Å². The van der Waals surface area contributed by atoms with Gasteiger partial charge in [0, 0.05) is 34.5 Å². The molecule has 7 rings (SSSR count). The van der Waals surface area contributed by atoms with Gasteiger partial charge in [-0.05, 0) is 78.2 Å². The lowest BCUT2D eigenvalue weighted by Gasteiger charge is -2.13. The molecule has 0 atom stereocenters. The van der Waals surface area contributed by atoms with Gasteiger partial charge in [0.1, 0.15) is 11.3 Å². The molecule has 3 heterocycles. The molecule has 0 spiro atoms. The Balaban J connectivity index is 1.42. The molecule has 0 amide bonds. The van der Waals surface area contributed by atoms with E-state index < -0.39 is 0 Å². The van der Waals surface area contributed by atoms with Crippen molar-refractivity contribution in [2.24, 2.45) is 0 Å². The maximum atomic E-state index is 10.4. The molecule has 0 aliphatic rings. The molecule has 5 heteroatoms. The zero-order chi connectivity index (χ0) is 26.3. The lowest BCUT2D eigenvalue weighted by Crippen LogP contribution is -1.91. The molecular formula is C34H23N3O2. The highest BCUT2D eigenvalue weighted by Crippen LogP contribution is 2.38. The van der Waals surface area contributed by atoms with E-state index in [1.54, 1.807) is 18.2 Å². The molecule has 0 aliphatic heterocycles. The van der Waals surface area contributed by atoms with Crippen LogP contribution in [0.5, 0.6) is 5.75 Å². The highest BCUT2D eigenvalue weighted by atomic mass is 16.3. The zero-order valence-corrected chi connectivity index (χ0v) is 21.2. The minimum atomic E-state index is 0.135. The average molecular weight is 506 g/mol. The van der Waals surface area contributed by atoms with Crippen LogP contribution in [0.4, 0.5) is 0 Å². The second-order valence-electron chi connectivity index (χ2n) is 9.59. The predicted molar refractivity (Wildman–Crippen MR) is 155 cm³/mol. The zero-order valence-electron chi connectivity index (χ0n) is 21.2. The van der Waals surface area contributed by atoms with Crippen LogP contribution in [0.1, 0.15) is 5.56 Å². The highest BCUT2D eigenvalue weighted by Gasteiger charge is 2.17. The number of rotatable bonds is 4. The third-order valence-corrected chi connectivity index (χ3v) is 6.92. The monoisotopic (exact) mass is 505 g/mol. The van der Waals surface area contributed by atoms with E-state index in [0.717, 1.165) is 55.5 Å². The van der Waals surface area contributed by atoms with Gasteiger partial charge >= 0.3 is 0 Å². The number of pyridine rings is 2. The summed E-state index contributed by atoms with van der Waals surface area (Å²) < 4.78 is 6.08. The molecule has 0 radical (unpaired) electrons. The predicted octanol–water partition coefficient (Wildman–Crippen LogP) is 8.45. The summed E-state index contributed by atoms with van der Waals surface area (Å²) in [7, 11) is 0. The second-order valence-corrected chi connectivity index (χ2v) is 9.59. The van der Waals surface area contributed by atoms with Crippen LogP contribution in [0, 0.1) is 6.92 Å². The van der Waals surface area contributed by atoms with E-state index in [4.69, 9.17) is 14.4 Å². The Morgan fingerprint density at radius 1 is 0.615 bits per heavy atom. The number of aryl methyl sites for hydroxylation is 1. The number of aromatic hydroxyl groups is 1. The molecule has 0 saturated carbocycles. The smallest absolute Gasteiger partial charge is 0.231 e. The summed E-state index contributed by atoms with van der Waals surface area (Å²) in [6.45, 7) is 2.10. The quantitative estimate of drug-likeness (QED) is 0.260. The van der Waals surface area contributed by atoms with Crippen LogP contribution in [0.2, 0.25) is 0 Å². The molecular weight excluding hydrogens is 482 g/mol. The molecule has 0 unspecified atom stereocenters. The van der Waals surface area contributed by atoms with Crippen LogP contribution in [0.25, 0.3) is 67.0 Å². The standard InChI is InChI=1S/C34H23N3O2/c1-21-16-23(26-10-6-13-31-33(26)37-34(39-31)27-9-2-3-12-30(27)38)19-24(17-21)28-20-25(29-11-4-5-14-35-29)18-22-8-7-15-36-32(22)28/h2-20,38H,1H3. The Hall–Kier alpha value is -5.29. The summed E-state index contributed by atoms with van der Waals surface area (Å²) >= 11 is 0. The van der Waals surface area contributed by atoms with Crippen molar-refractivity contribution in [3.63, 3.8) is 0 Å². The largest absolute Gasteiger partial charge is 0.507 e. The number of benzene rings is 4. The molecule has 0 bridgehead atoms. The van der Waals surface area contributed by atoms with E-state index in [9.17, 15) is 5.11 Å². The van der Waals surface area contributed by atoms with Crippen molar-refractivity contribution in [2.75, 3.05) is 0 Å². The van der Waals surface area contributed by atoms with Gasteiger partial charge < -0.3 is 9.52 Å². The van der Waals surface area contributed by atoms with Gasteiger partial charge in [0.15, 0.2) is 5.58 Å². The first kappa shape index (κ1) is 22.9. The lowest BCUT2D eigenvalue weighted by atomic mass is 9.93. The molecule has 1 N–H and O–H groups in total. The fourth-order valence-corrected chi connectivity index (χ4v) is 5.14. The number of oxazole rings is 1. The maximum Gasteiger partial charge on any atom is 0.231 e. The summed E-state index contributed by atoms with van der Waals surface area (Å²) in [5, 5.41) is 11.4. The summed E-state index contributed by atoms with van der Waals surface area (Å²) in [5.41, 5.74) is 10.1. The summed E-state index contributed by atoms with van der Waals surface area (Å²) in [6.07, 6.45) is 3.65. The Morgan fingerprint density at radius 3 is 2.26 bits per heavy atom. The van der Waals surface area contributed by atoms with Gasteiger partial charge in [-0.15, -0.1) is 0 Å². The topological polar surface area (TPSA) is 72.0 Å². The Kier molecular flexibility index (Phi) is 5.41. The number of phenolic OH excluding ortho intramolecular Hbond substituents is 1. The van der Waals surface area contributed by atoms with Gasteiger partial charge in [-0.2, -0.15) is 0 Å². The van der Waals surface area contributed by atoms with Crippen LogP contribution < -0.4 is 0 Å². The number of hydrogen-bond donors (Lipinski definition) is 1. The van der Waals surface area contributed by atoms with Crippen molar-refractivity contribution in [3.8, 4) is 50.7 Å². The number of para-hydroxylation sites is 2. The van der Waals surface area contributed by atoms with Crippen molar-refractivity contribution in [2.45, 2.75) is 6.92 Å². The number of nitrogens with zero attached hydrogens (tertiary/aromatic N) is 3. The third kappa shape index (κ3) is 4.10. The van der Waals surface area contributed by atoms with Crippen molar-refractivity contribution in [1.29, 1.82) is 0 Å². The summed E-state index contributed by atoms with van der Waals surface area (Å²) in [6, 6.07) is 33.8. The first-order valence-corrected chi connectivity index (χ1v) is 12.7. The normalized spacial score (nSPS) is 11.3. The van der Waals surface area contributed by atoms with Crippen LogP contribution >= 0.6 is 0 Å². The Labute approximate surface area is 225 Å². The fraction of sp³-hybridized carbons (Fsp3) is 0.0294.